The van der Waals surface area contributed by atoms with E-state index in [0.29, 0.717) is 0 Å². The van der Waals surface area contributed by atoms with Crippen molar-refractivity contribution in [2.24, 2.45) is 0 Å². The van der Waals surface area contributed by atoms with E-state index in [0.717, 1.165) is 0 Å². The molecule has 6 nitrogen and oxygen atoms in total. The molecule has 0 atom stereocenters. The van der Waals surface area contributed by atoms with Crippen molar-refractivity contribution < 1.29 is 22.3 Å². The molecule has 0 aromatic heterocycles. The van der Waals surface area contributed by atoms with Gasteiger partial charge in [-0.3, -0.25) is 0 Å². The summed E-state index contributed by atoms with van der Waals surface area (Å²) in [5.41, 5.74) is -0.447. The largest absolute Gasteiger partial charge is 0.444 e. The van der Waals surface area contributed by atoms with Gasteiger partial charge in [0.15, 0.2) is 0 Å². The van der Waals surface area contributed by atoms with Gasteiger partial charge in [-0.15, -0.1) is 0 Å². The summed E-state index contributed by atoms with van der Waals surface area (Å²) >= 11 is 0. The number of benzene rings is 1. The fourth-order valence-corrected chi connectivity index (χ4v) is 3.91. The first kappa shape index (κ1) is 18.7. The maximum absolute atomic E-state index is 13.7. The van der Waals surface area contributed by atoms with Gasteiger partial charge in [0.1, 0.15) is 11.4 Å². The predicted molar refractivity (Wildman–Crippen MR) is 88.4 cm³/mol. The Morgan fingerprint density at radius 3 is 2.29 bits per heavy atom. The van der Waals surface area contributed by atoms with Crippen LogP contribution < -0.4 is 0 Å². The zero-order valence-corrected chi connectivity index (χ0v) is 15.0. The van der Waals surface area contributed by atoms with Crippen molar-refractivity contribution >= 4 is 16.1 Å². The van der Waals surface area contributed by atoms with Crippen LogP contribution in [-0.4, -0.2) is 55.5 Å². The Hall–Kier alpha value is -1.67. The zero-order chi connectivity index (χ0) is 18.0. The first-order chi connectivity index (χ1) is 11.1. The van der Waals surface area contributed by atoms with Crippen LogP contribution in [0.4, 0.5) is 9.18 Å². The van der Waals surface area contributed by atoms with Crippen molar-refractivity contribution in [2.45, 2.75) is 32.1 Å². The number of hydrogen-bond donors (Lipinski definition) is 0. The lowest BCUT2D eigenvalue weighted by Crippen LogP contribution is -2.51. The molecule has 1 aromatic carbocycles. The Kier molecular flexibility index (Phi) is 5.49. The van der Waals surface area contributed by atoms with E-state index in [1.807, 2.05) is 0 Å². The van der Waals surface area contributed by atoms with Gasteiger partial charge in [0.25, 0.3) is 0 Å². The van der Waals surface area contributed by atoms with Crippen LogP contribution in [0.2, 0.25) is 0 Å². The highest BCUT2D eigenvalue weighted by Gasteiger charge is 2.31. The van der Waals surface area contributed by atoms with Gasteiger partial charge in [-0.05, 0) is 26.8 Å². The van der Waals surface area contributed by atoms with Crippen molar-refractivity contribution in [3.63, 3.8) is 0 Å². The Bertz CT molecular complexity index is 692. The zero-order valence-electron chi connectivity index (χ0n) is 14.2. The summed E-state index contributed by atoms with van der Waals surface area (Å²) in [5, 5.41) is 0. The molecule has 1 heterocycles. The molecule has 134 valence electrons. The third-order valence-electron chi connectivity index (χ3n) is 3.58. The van der Waals surface area contributed by atoms with Crippen LogP contribution in [0.3, 0.4) is 0 Å². The maximum atomic E-state index is 13.7. The fraction of sp³-hybridized carbons (Fsp3) is 0.562. The monoisotopic (exact) mass is 358 g/mol. The van der Waals surface area contributed by atoms with E-state index in [1.165, 1.54) is 27.4 Å². The number of rotatable bonds is 3. The van der Waals surface area contributed by atoms with E-state index >= 15 is 0 Å². The minimum absolute atomic E-state index is 0.145. The second-order valence-corrected chi connectivity index (χ2v) is 8.68. The highest BCUT2D eigenvalue weighted by Crippen LogP contribution is 2.17. The Balaban J connectivity index is 1.96. The standard InChI is InChI=1S/C16H23FN2O4S/c1-16(2,3)23-15(20)18-8-10-19(11-9-18)24(21,22)12-13-6-4-5-7-14(13)17/h4-7H,8-12H2,1-3H3. The third-order valence-corrected chi connectivity index (χ3v) is 5.41. The van der Waals surface area contributed by atoms with E-state index in [-0.39, 0.29) is 37.5 Å². The average Bonchev–Trinajstić information content (AvgIpc) is 2.48. The SMILES string of the molecule is CC(C)(C)OC(=O)N1CCN(S(=O)(=O)Cc2ccccc2F)CC1. The van der Waals surface area contributed by atoms with Crippen molar-refractivity contribution in [2.75, 3.05) is 26.2 Å². The van der Waals surface area contributed by atoms with Crippen LogP contribution in [0, 0.1) is 5.82 Å². The fourth-order valence-electron chi connectivity index (χ4n) is 2.38. The lowest BCUT2D eigenvalue weighted by Gasteiger charge is -2.35. The van der Waals surface area contributed by atoms with Crippen LogP contribution in [0.1, 0.15) is 26.3 Å². The number of halogens is 1. The second-order valence-electron chi connectivity index (χ2n) is 6.71. The van der Waals surface area contributed by atoms with Crippen LogP contribution in [0.5, 0.6) is 0 Å². The molecule has 0 bridgehead atoms. The number of nitrogens with zero attached hydrogens (tertiary/aromatic N) is 2. The van der Waals surface area contributed by atoms with Crippen molar-refractivity contribution in [3.05, 3.63) is 35.6 Å². The van der Waals surface area contributed by atoms with E-state index in [1.54, 1.807) is 26.8 Å². The molecule has 2 rings (SSSR count). The van der Waals surface area contributed by atoms with Gasteiger partial charge in [-0.25, -0.2) is 17.6 Å². The molecular weight excluding hydrogens is 335 g/mol. The summed E-state index contributed by atoms with van der Waals surface area (Å²) in [5.74, 6) is -0.917. The van der Waals surface area contributed by atoms with E-state index in [2.05, 4.69) is 0 Å². The molecular formula is C16H23FN2O4S. The molecule has 0 N–H and O–H groups in total. The van der Waals surface area contributed by atoms with Crippen molar-refractivity contribution in [3.8, 4) is 0 Å². The van der Waals surface area contributed by atoms with Crippen LogP contribution in [-0.2, 0) is 20.5 Å². The average molecular weight is 358 g/mol. The van der Waals surface area contributed by atoms with Crippen molar-refractivity contribution in [1.82, 2.24) is 9.21 Å². The Morgan fingerprint density at radius 2 is 1.75 bits per heavy atom. The molecule has 0 saturated carbocycles. The lowest BCUT2D eigenvalue weighted by atomic mass is 10.2. The minimum atomic E-state index is -3.63. The molecule has 0 radical (unpaired) electrons. The van der Waals surface area contributed by atoms with Crippen molar-refractivity contribution in [1.29, 1.82) is 0 Å². The van der Waals surface area contributed by atoms with Gasteiger partial charge in [0.05, 0.1) is 5.75 Å². The highest BCUT2D eigenvalue weighted by atomic mass is 32.2. The van der Waals surface area contributed by atoms with Gasteiger partial charge in [-0.1, -0.05) is 18.2 Å². The number of hydrogen-bond acceptors (Lipinski definition) is 4. The quantitative estimate of drug-likeness (QED) is 0.831. The topological polar surface area (TPSA) is 66.9 Å². The summed E-state index contributed by atoms with van der Waals surface area (Å²) in [6.07, 6.45) is -0.450. The first-order valence-electron chi connectivity index (χ1n) is 7.78. The first-order valence-corrected chi connectivity index (χ1v) is 9.38. The van der Waals surface area contributed by atoms with Gasteiger partial charge >= 0.3 is 6.09 Å². The number of carbonyl (C=O) groups is 1. The molecule has 1 aromatic rings. The van der Waals surface area contributed by atoms with Crippen LogP contribution >= 0.6 is 0 Å². The summed E-state index contributed by atoms with van der Waals surface area (Å²) in [4.78, 5) is 13.5. The molecule has 1 aliphatic rings. The second kappa shape index (κ2) is 7.06. The van der Waals surface area contributed by atoms with Gasteiger partial charge in [0.2, 0.25) is 10.0 Å². The van der Waals surface area contributed by atoms with Gasteiger partial charge in [0, 0.05) is 31.7 Å². The number of amides is 1. The molecule has 1 amide bonds. The summed E-state index contributed by atoms with van der Waals surface area (Å²) < 4.78 is 45.1. The molecule has 0 unspecified atom stereocenters. The van der Waals surface area contributed by atoms with Gasteiger partial charge < -0.3 is 9.64 Å². The predicted octanol–water partition coefficient (Wildman–Crippen LogP) is 2.21. The molecule has 1 fully saturated rings. The maximum Gasteiger partial charge on any atom is 0.410 e. The smallest absolute Gasteiger partial charge is 0.410 e. The number of sulfonamides is 1. The molecule has 0 spiro atoms. The van der Waals surface area contributed by atoms with Crippen LogP contribution in [0.25, 0.3) is 0 Å². The lowest BCUT2D eigenvalue weighted by molar-refractivity contribution is 0.0192. The van der Waals surface area contributed by atoms with E-state index in [4.69, 9.17) is 4.74 Å². The Morgan fingerprint density at radius 1 is 1.17 bits per heavy atom. The van der Waals surface area contributed by atoms with Crippen LogP contribution in [0.15, 0.2) is 24.3 Å². The molecule has 8 heteroatoms. The van der Waals surface area contributed by atoms with E-state index in [9.17, 15) is 17.6 Å². The number of ether oxygens (including phenoxy) is 1. The minimum Gasteiger partial charge on any atom is -0.444 e. The summed E-state index contributed by atoms with van der Waals surface area (Å²) in [6, 6.07) is 5.83. The molecule has 1 aliphatic heterocycles. The Labute approximate surface area is 142 Å². The van der Waals surface area contributed by atoms with Gasteiger partial charge in [-0.2, -0.15) is 4.31 Å². The highest BCUT2D eigenvalue weighted by molar-refractivity contribution is 7.88. The molecule has 24 heavy (non-hydrogen) atoms. The normalized spacial score (nSPS) is 16.9. The third kappa shape index (κ3) is 4.91. The number of carbonyl (C=O) groups excluding carboxylic acids is 1. The summed E-state index contributed by atoms with van der Waals surface area (Å²) in [6.45, 7) is 6.20. The number of piperazine rings is 1. The molecule has 1 saturated heterocycles. The molecule has 0 aliphatic carbocycles. The van der Waals surface area contributed by atoms with E-state index < -0.39 is 27.5 Å². The summed E-state index contributed by atoms with van der Waals surface area (Å²) in [7, 11) is -3.63.